The average molecular weight is 377 g/mol. The number of benzene rings is 1. The first kappa shape index (κ1) is 13.2. The van der Waals surface area contributed by atoms with Crippen molar-refractivity contribution < 1.29 is 0 Å². The second-order valence-electron chi connectivity index (χ2n) is 4.67. The van der Waals surface area contributed by atoms with Gasteiger partial charge in [-0.05, 0) is 60.7 Å². The van der Waals surface area contributed by atoms with E-state index in [0.29, 0.717) is 9.39 Å². The average Bonchev–Trinajstić information content (AvgIpc) is 2.43. The summed E-state index contributed by atoms with van der Waals surface area (Å²) in [6.07, 6.45) is 0. The molecule has 0 aliphatic heterocycles. The maximum atomic E-state index is 11.8. The molecule has 5 heteroatoms. The number of aromatic nitrogens is 3. The third kappa shape index (κ3) is 2.33. The Labute approximate surface area is 129 Å². The predicted molar refractivity (Wildman–Crippen MR) is 87.8 cm³/mol. The van der Waals surface area contributed by atoms with Crippen molar-refractivity contribution in [2.24, 2.45) is 0 Å². The number of hydrogen-bond acceptors (Lipinski definition) is 3. The number of hydrogen-bond donors (Lipinski definition) is 1. The highest BCUT2D eigenvalue weighted by Crippen LogP contribution is 2.21. The lowest BCUT2D eigenvalue weighted by molar-refractivity contribution is 1.05. The zero-order valence-electron chi connectivity index (χ0n) is 11.1. The molecule has 1 N–H and O–H groups in total. The van der Waals surface area contributed by atoms with E-state index in [9.17, 15) is 4.79 Å². The van der Waals surface area contributed by atoms with Gasteiger partial charge in [-0.15, -0.1) is 0 Å². The molecule has 4 nitrogen and oxygen atoms in total. The van der Waals surface area contributed by atoms with E-state index < -0.39 is 0 Å². The van der Waals surface area contributed by atoms with E-state index in [4.69, 9.17) is 0 Å². The number of fused-ring (bicyclic) bond motifs is 1. The predicted octanol–water partition coefficient (Wildman–Crippen LogP) is 3.21. The van der Waals surface area contributed by atoms with Gasteiger partial charge in [-0.1, -0.05) is 6.07 Å². The Morgan fingerprint density at radius 3 is 2.65 bits per heavy atom. The summed E-state index contributed by atoms with van der Waals surface area (Å²) in [6, 6.07) is 9.87. The van der Waals surface area contributed by atoms with Crippen LogP contribution < -0.4 is 5.56 Å². The standard InChI is InChI=1S/C15H12IN3O/c1-8-3-4-10-7-11(5-6-12(10)17-8)14-18-9(2)13(16)15(20)19-14/h3-7H,1-2H3,(H,18,19,20). The molecule has 0 fully saturated rings. The van der Waals surface area contributed by atoms with Gasteiger partial charge in [0.25, 0.3) is 5.56 Å². The summed E-state index contributed by atoms with van der Waals surface area (Å²) in [5.41, 5.74) is 3.46. The quantitative estimate of drug-likeness (QED) is 0.663. The lowest BCUT2D eigenvalue weighted by atomic mass is 10.1. The second-order valence-corrected chi connectivity index (χ2v) is 5.75. The van der Waals surface area contributed by atoms with E-state index in [1.165, 1.54) is 0 Å². The van der Waals surface area contributed by atoms with E-state index in [1.807, 2.05) is 66.8 Å². The molecule has 3 rings (SSSR count). The van der Waals surface area contributed by atoms with Crippen LogP contribution in [0.5, 0.6) is 0 Å². The maximum absolute atomic E-state index is 11.8. The first-order chi connectivity index (χ1) is 9.54. The smallest absolute Gasteiger partial charge is 0.264 e. The van der Waals surface area contributed by atoms with E-state index >= 15 is 0 Å². The maximum Gasteiger partial charge on any atom is 0.264 e. The molecule has 0 saturated carbocycles. The normalized spacial score (nSPS) is 10.9. The third-order valence-corrected chi connectivity index (χ3v) is 4.40. The lowest BCUT2D eigenvalue weighted by Crippen LogP contribution is -2.14. The summed E-state index contributed by atoms with van der Waals surface area (Å²) < 4.78 is 0.629. The molecular weight excluding hydrogens is 365 g/mol. The van der Waals surface area contributed by atoms with Gasteiger partial charge in [-0.3, -0.25) is 9.78 Å². The monoisotopic (exact) mass is 377 g/mol. The fourth-order valence-corrected chi connectivity index (χ4v) is 2.34. The van der Waals surface area contributed by atoms with Gasteiger partial charge in [0.05, 0.1) is 14.8 Å². The summed E-state index contributed by atoms with van der Waals surface area (Å²) in [5.74, 6) is 0.593. The summed E-state index contributed by atoms with van der Waals surface area (Å²) in [6.45, 7) is 3.81. The Kier molecular flexibility index (Phi) is 3.29. The van der Waals surface area contributed by atoms with Gasteiger partial charge in [0.1, 0.15) is 5.82 Å². The lowest BCUT2D eigenvalue weighted by Gasteiger charge is -2.05. The van der Waals surface area contributed by atoms with Crippen molar-refractivity contribution >= 4 is 33.5 Å². The third-order valence-electron chi connectivity index (χ3n) is 3.13. The molecule has 3 aromatic rings. The Morgan fingerprint density at radius 1 is 1.10 bits per heavy atom. The van der Waals surface area contributed by atoms with Gasteiger partial charge in [-0.2, -0.15) is 0 Å². The molecule has 0 saturated heterocycles. The zero-order chi connectivity index (χ0) is 14.3. The van der Waals surface area contributed by atoms with Crippen LogP contribution in [-0.2, 0) is 0 Å². The van der Waals surface area contributed by atoms with Crippen molar-refractivity contribution in [2.75, 3.05) is 0 Å². The number of pyridine rings is 1. The van der Waals surface area contributed by atoms with Crippen LogP contribution in [-0.4, -0.2) is 15.0 Å². The van der Waals surface area contributed by atoms with Crippen molar-refractivity contribution in [3.05, 3.63) is 55.6 Å². The molecule has 0 atom stereocenters. The number of aromatic amines is 1. The molecule has 0 aliphatic rings. The van der Waals surface area contributed by atoms with Gasteiger partial charge in [0.2, 0.25) is 0 Å². The largest absolute Gasteiger partial charge is 0.306 e. The van der Waals surface area contributed by atoms with Gasteiger partial charge in [0, 0.05) is 16.6 Å². The number of nitrogens with zero attached hydrogens (tertiary/aromatic N) is 2. The van der Waals surface area contributed by atoms with E-state index in [1.54, 1.807) is 0 Å². The number of halogens is 1. The minimum atomic E-state index is -0.102. The van der Waals surface area contributed by atoms with Gasteiger partial charge >= 0.3 is 0 Å². The fourth-order valence-electron chi connectivity index (χ4n) is 2.08. The van der Waals surface area contributed by atoms with Crippen LogP contribution >= 0.6 is 22.6 Å². The Hall–Kier alpha value is -1.76. The molecule has 0 spiro atoms. The van der Waals surface area contributed by atoms with Crippen LogP contribution in [0.1, 0.15) is 11.4 Å². The van der Waals surface area contributed by atoms with E-state index in [2.05, 4.69) is 15.0 Å². The molecule has 2 heterocycles. The minimum Gasteiger partial charge on any atom is -0.306 e. The van der Waals surface area contributed by atoms with Crippen LogP contribution in [0, 0.1) is 17.4 Å². The van der Waals surface area contributed by atoms with Crippen molar-refractivity contribution in [2.45, 2.75) is 13.8 Å². The second kappa shape index (κ2) is 4.97. The first-order valence-electron chi connectivity index (χ1n) is 6.19. The summed E-state index contributed by atoms with van der Waals surface area (Å²) >= 11 is 2.01. The van der Waals surface area contributed by atoms with Crippen LogP contribution in [0.25, 0.3) is 22.3 Å². The summed E-state index contributed by atoms with van der Waals surface area (Å²) in [5, 5.41) is 1.03. The highest BCUT2D eigenvalue weighted by atomic mass is 127. The fraction of sp³-hybridized carbons (Fsp3) is 0.133. The number of aryl methyl sites for hydroxylation is 2. The first-order valence-corrected chi connectivity index (χ1v) is 7.27. The molecule has 20 heavy (non-hydrogen) atoms. The van der Waals surface area contributed by atoms with Crippen LogP contribution in [0.4, 0.5) is 0 Å². The van der Waals surface area contributed by atoms with Crippen LogP contribution in [0.2, 0.25) is 0 Å². The number of rotatable bonds is 1. The van der Waals surface area contributed by atoms with Crippen molar-refractivity contribution in [1.29, 1.82) is 0 Å². The molecule has 2 aromatic heterocycles. The molecule has 100 valence electrons. The number of nitrogens with one attached hydrogen (secondary N) is 1. The molecule has 0 radical (unpaired) electrons. The SMILES string of the molecule is Cc1ccc2cc(-c3nc(C)c(I)c(=O)[nH]3)ccc2n1. The molecule has 0 amide bonds. The van der Waals surface area contributed by atoms with E-state index in [-0.39, 0.29) is 5.56 Å². The Morgan fingerprint density at radius 2 is 1.90 bits per heavy atom. The zero-order valence-corrected chi connectivity index (χ0v) is 13.2. The van der Waals surface area contributed by atoms with Crippen molar-refractivity contribution in [3.63, 3.8) is 0 Å². The highest BCUT2D eigenvalue weighted by molar-refractivity contribution is 14.1. The minimum absolute atomic E-state index is 0.102. The molecule has 0 aliphatic carbocycles. The molecule has 1 aromatic carbocycles. The van der Waals surface area contributed by atoms with Gasteiger partial charge in [0.15, 0.2) is 0 Å². The molecular formula is C15H12IN3O. The van der Waals surface area contributed by atoms with Crippen molar-refractivity contribution in [1.82, 2.24) is 15.0 Å². The van der Waals surface area contributed by atoms with Crippen LogP contribution in [0.3, 0.4) is 0 Å². The topological polar surface area (TPSA) is 58.6 Å². The van der Waals surface area contributed by atoms with Gasteiger partial charge < -0.3 is 4.98 Å². The molecule has 0 bridgehead atoms. The summed E-state index contributed by atoms with van der Waals surface area (Å²) in [7, 11) is 0. The van der Waals surface area contributed by atoms with Crippen molar-refractivity contribution in [3.8, 4) is 11.4 Å². The highest BCUT2D eigenvalue weighted by Gasteiger charge is 2.07. The number of H-pyrrole nitrogens is 1. The summed E-state index contributed by atoms with van der Waals surface area (Å²) in [4.78, 5) is 23.6. The molecule has 0 unspecified atom stereocenters. The Balaban J connectivity index is 2.20. The van der Waals surface area contributed by atoms with Crippen LogP contribution in [0.15, 0.2) is 35.1 Å². The van der Waals surface area contributed by atoms with Gasteiger partial charge in [-0.25, -0.2) is 4.98 Å². The van der Waals surface area contributed by atoms with E-state index in [0.717, 1.165) is 27.9 Å². The Bertz CT molecular complexity index is 871.